The van der Waals surface area contributed by atoms with E-state index in [0.717, 1.165) is 19.6 Å². The fourth-order valence-electron chi connectivity index (χ4n) is 2.48. The van der Waals surface area contributed by atoms with Gasteiger partial charge >= 0.3 is 5.82 Å². The number of hydrogen-bond acceptors (Lipinski definition) is 5. The Labute approximate surface area is 106 Å². The lowest BCUT2D eigenvalue weighted by Gasteiger charge is -2.35. The van der Waals surface area contributed by atoms with Crippen LogP contribution in [0.1, 0.15) is 19.7 Å². The standard InChI is InChI=1S/C11H19N5O2/c1-4-14-9(3)13-10(16(17)18)11(14)15-6-5-12-7-8(15)2/h8,12H,4-7H2,1-3H3. The molecule has 1 saturated heterocycles. The van der Waals surface area contributed by atoms with Crippen LogP contribution in [0.3, 0.4) is 0 Å². The first kappa shape index (κ1) is 12.8. The zero-order valence-electron chi connectivity index (χ0n) is 11.0. The van der Waals surface area contributed by atoms with Crippen LogP contribution in [0.2, 0.25) is 0 Å². The van der Waals surface area contributed by atoms with Crippen LogP contribution < -0.4 is 10.2 Å². The van der Waals surface area contributed by atoms with Crippen molar-refractivity contribution in [1.82, 2.24) is 14.9 Å². The average molecular weight is 253 g/mol. The van der Waals surface area contributed by atoms with Crippen LogP contribution in [0.25, 0.3) is 0 Å². The number of nitrogens with zero attached hydrogens (tertiary/aromatic N) is 4. The van der Waals surface area contributed by atoms with E-state index in [1.54, 1.807) is 0 Å². The number of hydrogen-bond donors (Lipinski definition) is 1. The van der Waals surface area contributed by atoms with Crippen molar-refractivity contribution >= 4 is 11.6 Å². The maximum atomic E-state index is 11.1. The van der Waals surface area contributed by atoms with Crippen molar-refractivity contribution in [3.63, 3.8) is 0 Å². The molecule has 7 heteroatoms. The Kier molecular flexibility index (Phi) is 3.51. The van der Waals surface area contributed by atoms with Crippen LogP contribution in [-0.2, 0) is 6.54 Å². The Morgan fingerprint density at radius 2 is 2.33 bits per heavy atom. The molecule has 0 aromatic carbocycles. The number of rotatable bonds is 3. The minimum atomic E-state index is -0.386. The van der Waals surface area contributed by atoms with Gasteiger partial charge in [0.1, 0.15) is 0 Å². The Hall–Kier alpha value is -1.63. The predicted octanol–water partition coefficient (Wildman–Crippen LogP) is 0.918. The number of aromatic nitrogens is 2. The van der Waals surface area contributed by atoms with E-state index in [9.17, 15) is 10.1 Å². The molecule has 2 heterocycles. The van der Waals surface area contributed by atoms with Crippen molar-refractivity contribution in [3.8, 4) is 0 Å². The zero-order chi connectivity index (χ0) is 13.3. The summed E-state index contributed by atoms with van der Waals surface area (Å²) in [5.74, 6) is 1.32. The summed E-state index contributed by atoms with van der Waals surface area (Å²) in [6.07, 6.45) is 0. The summed E-state index contributed by atoms with van der Waals surface area (Å²) < 4.78 is 1.92. The molecule has 7 nitrogen and oxygen atoms in total. The molecule has 1 fully saturated rings. The van der Waals surface area contributed by atoms with E-state index in [1.807, 2.05) is 18.4 Å². The van der Waals surface area contributed by atoms with E-state index >= 15 is 0 Å². The molecule has 0 radical (unpaired) electrons. The van der Waals surface area contributed by atoms with Crippen molar-refractivity contribution in [2.75, 3.05) is 24.5 Å². The molecule has 0 spiro atoms. The van der Waals surface area contributed by atoms with Gasteiger partial charge in [0.15, 0.2) is 0 Å². The van der Waals surface area contributed by atoms with Crippen LogP contribution in [0.5, 0.6) is 0 Å². The van der Waals surface area contributed by atoms with Crippen molar-refractivity contribution < 1.29 is 4.92 Å². The van der Waals surface area contributed by atoms with E-state index in [1.165, 1.54) is 0 Å². The van der Waals surface area contributed by atoms with Crippen molar-refractivity contribution in [1.29, 1.82) is 0 Å². The molecule has 0 aliphatic carbocycles. The van der Waals surface area contributed by atoms with Crippen LogP contribution in [0.15, 0.2) is 0 Å². The first-order valence-electron chi connectivity index (χ1n) is 6.25. The summed E-state index contributed by atoms with van der Waals surface area (Å²) in [5, 5.41) is 14.4. The topological polar surface area (TPSA) is 76.2 Å². The van der Waals surface area contributed by atoms with E-state index < -0.39 is 0 Å². The zero-order valence-corrected chi connectivity index (χ0v) is 11.0. The van der Waals surface area contributed by atoms with Gasteiger partial charge in [-0.2, -0.15) is 0 Å². The smallest absolute Gasteiger partial charge is 0.358 e. The third kappa shape index (κ3) is 2.05. The summed E-state index contributed by atoms with van der Waals surface area (Å²) in [6.45, 7) is 9.01. The van der Waals surface area contributed by atoms with Crippen LogP contribution in [-0.4, -0.2) is 40.2 Å². The number of nitro groups is 1. The highest BCUT2D eigenvalue weighted by Gasteiger charge is 2.32. The summed E-state index contributed by atoms with van der Waals surface area (Å²) in [7, 11) is 0. The minimum Gasteiger partial charge on any atom is -0.358 e. The molecule has 0 saturated carbocycles. The van der Waals surface area contributed by atoms with Gasteiger partial charge in [0.2, 0.25) is 11.6 Å². The second-order valence-electron chi connectivity index (χ2n) is 4.55. The lowest BCUT2D eigenvalue weighted by atomic mass is 10.2. The molecule has 1 aromatic heterocycles. The van der Waals surface area contributed by atoms with Gasteiger partial charge in [-0.05, 0) is 23.8 Å². The molecule has 18 heavy (non-hydrogen) atoms. The van der Waals surface area contributed by atoms with Crippen molar-refractivity contribution in [3.05, 3.63) is 15.9 Å². The van der Waals surface area contributed by atoms with Gasteiger partial charge in [-0.1, -0.05) is 0 Å². The van der Waals surface area contributed by atoms with Gasteiger partial charge in [-0.25, -0.2) is 0 Å². The molecule has 100 valence electrons. The Bertz CT molecular complexity index is 457. The van der Waals surface area contributed by atoms with E-state index in [2.05, 4.69) is 22.1 Å². The molecule has 1 aliphatic heterocycles. The van der Waals surface area contributed by atoms with Gasteiger partial charge < -0.3 is 20.3 Å². The molecule has 0 bridgehead atoms. The normalized spacial score (nSPS) is 20.2. The number of imidazole rings is 1. The van der Waals surface area contributed by atoms with Gasteiger partial charge in [0, 0.05) is 39.1 Å². The number of anilines is 1. The van der Waals surface area contributed by atoms with Gasteiger partial charge in [-0.3, -0.25) is 4.57 Å². The first-order valence-corrected chi connectivity index (χ1v) is 6.25. The molecule has 1 aliphatic rings. The largest absolute Gasteiger partial charge is 0.406 e. The summed E-state index contributed by atoms with van der Waals surface area (Å²) in [5.41, 5.74) is 0. The van der Waals surface area contributed by atoms with Crippen molar-refractivity contribution in [2.24, 2.45) is 0 Å². The van der Waals surface area contributed by atoms with E-state index in [4.69, 9.17) is 0 Å². The first-order chi connectivity index (χ1) is 8.56. The van der Waals surface area contributed by atoms with Gasteiger partial charge in [-0.15, -0.1) is 0 Å². The predicted molar refractivity (Wildman–Crippen MR) is 69.0 cm³/mol. The Balaban J connectivity index is 2.49. The highest BCUT2D eigenvalue weighted by Crippen LogP contribution is 2.30. The molecule has 1 unspecified atom stereocenters. The van der Waals surface area contributed by atoms with Crippen molar-refractivity contribution in [2.45, 2.75) is 33.4 Å². The fourth-order valence-corrected chi connectivity index (χ4v) is 2.48. The molecule has 1 atom stereocenters. The molecular weight excluding hydrogens is 234 g/mol. The third-order valence-corrected chi connectivity index (χ3v) is 3.38. The fraction of sp³-hybridized carbons (Fsp3) is 0.727. The summed E-state index contributed by atoms with van der Waals surface area (Å²) in [6, 6.07) is 0.235. The monoisotopic (exact) mass is 253 g/mol. The molecule has 1 aromatic rings. The van der Waals surface area contributed by atoms with Gasteiger partial charge in [0.05, 0.1) is 0 Å². The van der Waals surface area contributed by atoms with Gasteiger partial charge in [0.25, 0.3) is 0 Å². The highest BCUT2D eigenvalue weighted by atomic mass is 16.6. The maximum absolute atomic E-state index is 11.1. The average Bonchev–Trinajstić information content (AvgIpc) is 2.67. The summed E-state index contributed by atoms with van der Waals surface area (Å²) in [4.78, 5) is 16.9. The molecule has 2 rings (SSSR count). The Morgan fingerprint density at radius 3 is 2.89 bits per heavy atom. The summed E-state index contributed by atoms with van der Waals surface area (Å²) >= 11 is 0. The molecular formula is C11H19N5O2. The Morgan fingerprint density at radius 1 is 1.61 bits per heavy atom. The van der Waals surface area contributed by atoms with Crippen LogP contribution in [0, 0.1) is 17.0 Å². The lowest BCUT2D eigenvalue weighted by molar-refractivity contribution is -0.388. The maximum Gasteiger partial charge on any atom is 0.406 e. The SMILES string of the molecule is CCn1c(C)nc([N+](=O)[O-])c1N1CCNCC1C. The third-order valence-electron chi connectivity index (χ3n) is 3.38. The number of piperazine rings is 1. The molecule has 1 N–H and O–H groups in total. The van der Waals surface area contributed by atoms with E-state index in [-0.39, 0.29) is 16.8 Å². The lowest BCUT2D eigenvalue weighted by Crippen LogP contribution is -2.50. The number of nitrogens with one attached hydrogen (secondary N) is 1. The number of aryl methyl sites for hydroxylation is 1. The van der Waals surface area contributed by atoms with Crippen LogP contribution >= 0.6 is 0 Å². The van der Waals surface area contributed by atoms with E-state index in [0.29, 0.717) is 18.2 Å². The quantitative estimate of drug-likeness (QED) is 0.640. The minimum absolute atomic E-state index is 0.0249. The molecule has 0 amide bonds. The highest BCUT2D eigenvalue weighted by molar-refractivity contribution is 5.57. The second kappa shape index (κ2) is 4.93. The second-order valence-corrected chi connectivity index (χ2v) is 4.55. The van der Waals surface area contributed by atoms with Crippen LogP contribution in [0.4, 0.5) is 11.6 Å².